The molecule has 0 saturated carbocycles. The van der Waals surface area contributed by atoms with Gasteiger partial charge in [-0.2, -0.15) is 0 Å². The Morgan fingerprint density at radius 3 is 2.29 bits per heavy atom. The first-order chi connectivity index (χ1) is 8.00. The highest BCUT2D eigenvalue weighted by Gasteiger charge is 2.14. The highest BCUT2D eigenvalue weighted by atomic mass is 35.5. The van der Waals surface area contributed by atoms with Gasteiger partial charge in [0.15, 0.2) is 11.6 Å². The van der Waals surface area contributed by atoms with Gasteiger partial charge in [-0.15, -0.1) is 0 Å². The molecule has 88 valence electrons. The monoisotopic (exact) mass is 253 g/mol. The van der Waals surface area contributed by atoms with Crippen LogP contribution in [0.15, 0.2) is 30.3 Å². The molecule has 2 N–H and O–H groups in total. The molecule has 0 aromatic heterocycles. The number of aryl methyl sites for hydroxylation is 1. The van der Waals surface area contributed by atoms with Gasteiger partial charge >= 0.3 is 0 Å². The maximum Gasteiger partial charge on any atom is 0.166 e. The van der Waals surface area contributed by atoms with Crippen LogP contribution in [-0.4, -0.2) is 0 Å². The van der Waals surface area contributed by atoms with Gasteiger partial charge in [0.05, 0.1) is 0 Å². The molecule has 0 atom stereocenters. The molecule has 17 heavy (non-hydrogen) atoms. The third-order valence-corrected chi connectivity index (χ3v) is 2.81. The lowest BCUT2D eigenvalue weighted by Gasteiger charge is -2.09. The van der Waals surface area contributed by atoms with Crippen molar-refractivity contribution in [1.29, 1.82) is 0 Å². The molecule has 0 aliphatic carbocycles. The highest BCUT2D eigenvalue weighted by molar-refractivity contribution is 6.31. The Hall–Kier alpha value is -1.61. The predicted octanol–water partition coefficient (Wildman–Crippen LogP) is 4.18. The number of hydrogen-bond acceptors (Lipinski definition) is 1. The normalized spacial score (nSPS) is 10.6. The summed E-state index contributed by atoms with van der Waals surface area (Å²) in [5.74, 6) is -1.74. The number of nitrogen functional groups attached to an aromatic ring is 1. The fourth-order valence-corrected chi connectivity index (χ4v) is 1.81. The van der Waals surface area contributed by atoms with Crippen molar-refractivity contribution in [1.82, 2.24) is 0 Å². The molecule has 0 unspecified atom stereocenters. The molecule has 0 aliphatic rings. The molecule has 0 radical (unpaired) electrons. The van der Waals surface area contributed by atoms with Crippen molar-refractivity contribution in [2.45, 2.75) is 6.92 Å². The van der Waals surface area contributed by atoms with E-state index in [0.29, 0.717) is 16.3 Å². The molecule has 2 aromatic rings. The van der Waals surface area contributed by atoms with Crippen LogP contribution in [0.3, 0.4) is 0 Å². The Balaban J connectivity index is 2.65. The summed E-state index contributed by atoms with van der Waals surface area (Å²) < 4.78 is 27.2. The van der Waals surface area contributed by atoms with Crippen LogP contribution >= 0.6 is 11.6 Å². The summed E-state index contributed by atoms with van der Waals surface area (Å²) in [4.78, 5) is 0. The van der Waals surface area contributed by atoms with Gasteiger partial charge in [0.25, 0.3) is 0 Å². The van der Waals surface area contributed by atoms with Crippen molar-refractivity contribution in [2.75, 3.05) is 5.73 Å². The first kappa shape index (κ1) is 11.9. The Bertz CT molecular complexity index is 582. The standard InChI is InChI=1S/C13H10ClF2N/c1-7-2-4-10(13(16)12(7)15)9-5-3-8(14)6-11(9)17/h2-6H,17H2,1H3. The van der Waals surface area contributed by atoms with E-state index in [4.69, 9.17) is 17.3 Å². The lowest BCUT2D eigenvalue weighted by atomic mass is 10.0. The van der Waals surface area contributed by atoms with E-state index in [2.05, 4.69) is 0 Å². The Kier molecular flexibility index (Phi) is 3.03. The van der Waals surface area contributed by atoms with E-state index in [9.17, 15) is 8.78 Å². The second-order valence-electron chi connectivity index (χ2n) is 3.79. The predicted molar refractivity (Wildman–Crippen MR) is 66.0 cm³/mol. The summed E-state index contributed by atoms with van der Waals surface area (Å²) in [7, 11) is 0. The van der Waals surface area contributed by atoms with E-state index in [-0.39, 0.29) is 11.1 Å². The molecule has 0 amide bonds. The lowest BCUT2D eigenvalue weighted by Crippen LogP contribution is -1.96. The van der Waals surface area contributed by atoms with Gasteiger partial charge in [0, 0.05) is 21.8 Å². The minimum absolute atomic E-state index is 0.141. The van der Waals surface area contributed by atoms with Crippen LogP contribution < -0.4 is 5.73 Å². The SMILES string of the molecule is Cc1ccc(-c2ccc(Cl)cc2N)c(F)c1F. The fraction of sp³-hybridized carbons (Fsp3) is 0.0769. The number of hydrogen-bond donors (Lipinski definition) is 1. The summed E-state index contributed by atoms with van der Waals surface area (Å²) in [6, 6.07) is 7.69. The fourth-order valence-electron chi connectivity index (χ4n) is 1.63. The van der Waals surface area contributed by atoms with E-state index in [1.165, 1.54) is 25.1 Å². The first-order valence-electron chi connectivity index (χ1n) is 5.00. The molecule has 0 spiro atoms. The van der Waals surface area contributed by atoms with Crippen LogP contribution in [0.25, 0.3) is 11.1 Å². The molecule has 0 fully saturated rings. The lowest BCUT2D eigenvalue weighted by molar-refractivity contribution is 0.505. The first-order valence-corrected chi connectivity index (χ1v) is 5.38. The molecule has 0 aliphatic heterocycles. The maximum absolute atomic E-state index is 13.8. The molecule has 1 nitrogen and oxygen atoms in total. The molecule has 2 rings (SSSR count). The zero-order chi connectivity index (χ0) is 12.6. The van der Waals surface area contributed by atoms with Crippen molar-refractivity contribution >= 4 is 17.3 Å². The van der Waals surface area contributed by atoms with E-state index in [1.54, 1.807) is 12.1 Å². The number of halogens is 3. The summed E-state index contributed by atoms with van der Waals surface area (Å²) in [5, 5.41) is 0.458. The van der Waals surface area contributed by atoms with Gasteiger partial charge < -0.3 is 5.73 Å². The van der Waals surface area contributed by atoms with Gasteiger partial charge in [0.1, 0.15) is 0 Å². The smallest absolute Gasteiger partial charge is 0.166 e. The molecule has 4 heteroatoms. The van der Waals surface area contributed by atoms with Gasteiger partial charge in [-0.05, 0) is 24.6 Å². The zero-order valence-electron chi connectivity index (χ0n) is 9.10. The second-order valence-corrected chi connectivity index (χ2v) is 4.23. The van der Waals surface area contributed by atoms with Crippen LogP contribution in [0.2, 0.25) is 5.02 Å². The average molecular weight is 254 g/mol. The second kappa shape index (κ2) is 4.34. The Morgan fingerprint density at radius 2 is 1.65 bits per heavy atom. The molecular formula is C13H10ClF2N. The minimum atomic E-state index is -0.890. The quantitative estimate of drug-likeness (QED) is 0.758. The summed E-state index contributed by atoms with van der Waals surface area (Å²) >= 11 is 5.75. The Morgan fingerprint density at radius 1 is 1.00 bits per heavy atom. The summed E-state index contributed by atoms with van der Waals surface area (Å²) in [6.45, 7) is 1.51. The third-order valence-electron chi connectivity index (χ3n) is 2.58. The molecule has 0 saturated heterocycles. The van der Waals surface area contributed by atoms with Gasteiger partial charge in [-0.3, -0.25) is 0 Å². The zero-order valence-corrected chi connectivity index (χ0v) is 9.85. The van der Waals surface area contributed by atoms with Crippen molar-refractivity contribution in [2.24, 2.45) is 0 Å². The van der Waals surface area contributed by atoms with Crippen molar-refractivity contribution < 1.29 is 8.78 Å². The topological polar surface area (TPSA) is 26.0 Å². The molecule has 0 bridgehead atoms. The number of anilines is 1. The van der Waals surface area contributed by atoms with Gasteiger partial charge in [0.2, 0.25) is 0 Å². The summed E-state index contributed by atoms with van der Waals surface area (Å²) in [5.41, 5.74) is 6.90. The molecule has 2 aromatic carbocycles. The van der Waals surface area contributed by atoms with Gasteiger partial charge in [-0.1, -0.05) is 29.8 Å². The Labute approximate surface area is 103 Å². The average Bonchev–Trinajstić information content (AvgIpc) is 2.28. The number of rotatable bonds is 1. The number of nitrogens with two attached hydrogens (primary N) is 1. The maximum atomic E-state index is 13.8. The van der Waals surface area contributed by atoms with Crippen LogP contribution in [0.5, 0.6) is 0 Å². The summed E-state index contributed by atoms with van der Waals surface area (Å²) in [6.07, 6.45) is 0. The van der Waals surface area contributed by atoms with E-state index < -0.39 is 11.6 Å². The van der Waals surface area contributed by atoms with E-state index in [0.717, 1.165) is 0 Å². The third kappa shape index (κ3) is 2.11. The highest BCUT2D eigenvalue weighted by Crippen LogP contribution is 2.31. The van der Waals surface area contributed by atoms with Crippen LogP contribution in [0.1, 0.15) is 5.56 Å². The van der Waals surface area contributed by atoms with Crippen molar-refractivity contribution in [3.05, 3.63) is 52.6 Å². The van der Waals surface area contributed by atoms with E-state index in [1.807, 2.05) is 0 Å². The van der Waals surface area contributed by atoms with Crippen molar-refractivity contribution in [3.8, 4) is 11.1 Å². The van der Waals surface area contributed by atoms with E-state index >= 15 is 0 Å². The van der Waals surface area contributed by atoms with Crippen LogP contribution in [0.4, 0.5) is 14.5 Å². The van der Waals surface area contributed by atoms with Crippen molar-refractivity contribution in [3.63, 3.8) is 0 Å². The van der Waals surface area contributed by atoms with Crippen LogP contribution in [-0.2, 0) is 0 Å². The molecule has 0 heterocycles. The molecular weight excluding hydrogens is 244 g/mol. The largest absolute Gasteiger partial charge is 0.398 e. The minimum Gasteiger partial charge on any atom is -0.398 e. The number of benzene rings is 2. The van der Waals surface area contributed by atoms with Gasteiger partial charge in [-0.25, -0.2) is 8.78 Å². The van der Waals surface area contributed by atoms with Crippen LogP contribution in [0, 0.1) is 18.6 Å².